The average molecular weight is 307 g/mol. The van der Waals surface area contributed by atoms with Crippen LogP contribution in [0.2, 0.25) is 0 Å². The Labute approximate surface area is 128 Å². The molecule has 2 amide bonds. The van der Waals surface area contributed by atoms with E-state index >= 15 is 0 Å². The maximum Gasteiger partial charge on any atom is 0.410 e. The van der Waals surface area contributed by atoms with Gasteiger partial charge in [0, 0.05) is 33.2 Å². The third kappa shape index (κ3) is 2.58. The van der Waals surface area contributed by atoms with Crippen molar-refractivity contribution in [1.29, 1.82) is 0 Å². The first kappa shape index (κ1) is 14.6. The smallest absolute Gasteiger partial charge is 0.410 e. The molecule has 0 radical (unpaired) electrons. The Morgan fingerprint density at radius 1 is 1.23 bits per heavy atom. The predicted octanol–water partition coefficient (Wildman–Crippen LogP) is 0.925. The molecule has 0 spiro atoms. The number of para-hydroxylation sites is 1. The van der Waals surface area contributed by atoms with Crippen LogP contribution in [0.1, 0.15) is 0 Å². The molecule has 22 heavy (non-hydrogen) atoms. The molecule has 118 valence electrons. The lowest BCUT2D eigenvalue weighted by Crippen LogP contribution is -2.54. The summed E-state index contributed by atoms with van der Waals surface area (Å²) in [5, 5.41) is 0. The zero-order valence-electron chi connectivity index (χ0n) is 12.4. The van der Waals surface area contributed by atoms with Gasteiger partial charge in [0.2, 0.25) is 5.91 Å². The SMILES string of the molecule is CN1C(=O)OCC1C(=O)N1CCN(c2ccccc2F)CC1. The molecule has 2 saturated heterocycles. The summed E-state index contributed by atoms with van der Waals surface area (Å²) < 4.78 is 18.7. The predicted molar refractivity (Wildman–Crippen MR) is 78.1 cm³/mol. The molecule has 0 bridgehead atoms. The maximum atomic E-state index is 13.8. The van der Waals surface area contributed by atoms with Gasteiger partial charge in [-0.3, -0.25) is 9.69 Å². The molecule has 2 aliphatic heterocycles. The van der Waals surface area contributed by atoms with Crippen molar-refractivity contribution in [3.8, 4) is 0 Å². The van der Waals surface area contributed by atoms with Crippen LogP contribution in [0, 0.1) is 5.82 Å². The normalized spacial score (nSPS) is 22.0. The number of cyclic esters (lactones) is 1. The van der Waals surface area contributed by atoms with Crippen molar-refractivity contribution in [2.75, 3.05) is 44.7 Å². The summed E-state index contributed by atoms with van der Waals surface area (Å²) in [4.78, 5) is 28.7. The van der Waals surface area contributed by atoms with E-state index in [0.29, 0.717) is 31.9 Å². The fourth-order valence-electron chi connectivity index (χ4n) is 2.81. The number of carbonyl (C=O) groups is 2. The number of ether oxygens (including phenoxy) is 1. The fourth-order valence-corrected chi connectivity index (χ4v) is 2.81. The van der Waals surface area contributed by atoms with Crippen LogP contribution in [0.15, 0.2) is 24.3 Å². The minimum absolute atomic E-state index is 0.0989. The first-order chi connectivity index (χ1) is 10.6. The zero-order valence-corrected chi connectivity index (χ0v) is 12.4. The topological polar surface area (TPSA) is 53.1 Å². The Hall–Kier alpha value is -2.31. The number of hydrogen-bond acceptors (Lipinski definition) is 4. The van der Waals surface area contributed by atoms with Gasteiger partial charge in [-0.25, -0.2) is 9.18 Å². The molecule has 1 atom stereocenters. The number of halogens is 1. The number of benzene rings is 1. The number of amides is 2. The van der Waals surface area contributed by atoms with E-state index in [9.17, 15) is 14.0 Å². The highest BCUT2D eigenvalue weighted by molar-refractivity contribution is 5.88. The van der Waals surface area contributed by atoms with E-state index < -0.39 is 12.1 Å². The van der Waals surface area contributed by atoms with Crippen molar-refractivity contribution in [2.45, 2.75) is 6.04 Å². The molecule has 0 aromatic heterocycles. The highest BCUT2D eigenvalue weighted by Crippen LogP contribution is 2.21. The van der Waals surface area contributed by atoms with Gasteiger partial charge in [0.25, 0.3) is 0 Å². The van der Waals surface area contributed by atoms with E-state index in [4.69, 9.17) is 4.74 Å². The van der Waals surface area contributed by atoms with Crippen LogP contribution in [-0.4, -0.2) is 67.7 Å². The van der Waals surface area contributed by atoms with E-state index in [0.717, 1.165) is 0 Å². The Morgan fingerprint density at radius 2 is 1.91 bits per heavy atom. The van der Waals surface area contributed by atoms with E-state index in [1.807, 2.05) is 4.90 Å². The molecular formula is C15H18FN3O3. The van der Waals surface area contributed by atoms with Crippen molar-refractivity contribution in [3.05, 3.63) is 30.1 Å². The van der Waals surface area contributed by atoms with Crippen molar-refractivity contribution < 1.29 is 18.7 Å². The zero-order chi connectivity index (χ0) is 15.7. The second-order valence-corrected chi connectivity index (χ2v) is 5.47. The fraction of sp³-hybridized carbons (Fsp3) is 0.467. The summed E-state index contributed by atoms with van der Waals surface area (Å²) in [7, 11) is 1.56. The highest BCUT2D eigenvalue weighted by atomic mass is 19.1. The second-order valence-electron chi connectivity index (χ2n) is 5.47. The first-order valence-corrected chi connectivity index (χ1v) is 7.26. The molecule has 2 heterocycles. The number of hydrogen-bond donors (Lipinski definition) is 0. The van der Waals surface area contributed by atoms with Crippen molar-refractivity contribution >= 4 is 17.7 Å². The van der Waals surface area contributed by atoms with Crippen LogP contribution in [-0.2, 0) is 9.53 Å². The van der Waals surface area contributed by atoms with Crippen LogP contribution >= 0.6 is 0 Å². The average Bonchev–Trinajstić information content (AvgIpc) is 2.87. The summed E-state index contributed by atoms with van der Waals surface area (Å²) >= 11 is 0. The van der Waals surface area contributed by atoms with Gasteiger partial charge >= 0.3 is 6.09 Å². The first-order valence-electron chi connectivity index (χ1n) is 7.26. The number of piperazine rings is 1. The third-order valence-electron chi connectivity index (χ3n) is 4.19. The van der Waals surface area contributed by atoms with Crippen molar-refractivity contribution in [3.63, 3.8) is 0 Å². The number of rotatable bonds is 2. The molecule has 1 aromatic carbocycles. The molecule has 6 nitrogen and oxygen atoms in total. The molecule has 0 aliphatic carbocycles. The molecule has 7 heteroatoms. The van der Waals surface area contributed by atoms with Gasteiger partial charge in [0.1, 0.15) is 18.5 Å². The lowest BCUT2D eigenvalue weighted by Gasteiger charge is -2.37. The number of anilines is 1. The van der Waals surface area contributed by atoms with Gasteiger partial charge in [0.15, 0.2) is 0 Å². The summed E-state index contributed by atoms with van der Waals surface area (Å²) in [5.74, 6) is -0.363. The second kappa shape index (κ2) is 5.82. The third-order valence-corrected chi connectivity index (χ3v) is 4.19. The Kier molecular flexibility index (Phi) is 3.87. The van der Waals surface area contributed by atoms with Crippen LogP contribution in [0.4, 0.5) is 14.9 Å². The summed E-state index contributed by atoms with van der Waals surface area (Å²) in [6.07, 6.45) is -0.469. The van der Waals surface area contributed by atoms with Crippen LogP contribution < -0.4 is 4.90 Å². The standard InChI is InChI=1S/C15H18FN3O3/c1-17-13(10-22-15(17)21)14(20)19-8-6-18(7-9-19)12-5-3-2-4-11(12)16/h2-5,13H,6-10H2,1H3. The molecule has 1 unspecified atom stereocenters. The van der Waals surface area contributed by atoms with E-state index in [-0.39, 0.29) is 18.3 Å². The Bertz CT molecular complexity index is 587. The minimum Gasteiger partial charge on any atom is -0.447 e. The summed E-state index contributed by atoms with van der Waals surface area (Å²) in [6, 6.07) is 6.08. The molecule has 2 aliphatic rings. The van der Waals surface area contributed by atoms with Crippen molar-refractivity contribution in [2.24, 2.45) is 0 Å². The number of nitrogens with zero attached hydrogens (tertiary/aromatic N) is 3. The van der Waals surface area contributed by atoms with Crippen LogP contribution in [0.3, 0.4) is 0 Å². The van der Waals surface area contributed by atoms with Gasteiger partial charge in [-0.15, -0.1) is 0 Å². The van der Waals surface area contributed by atoms with Crippen molar-refractivity contribution in [1.82, 2.24) is 9.80 Å². The van der Waals surface area contributed by atoms with Gasteiger partial charge in [-0.05, 0) is 12.1 Å². The quantitative estimate of drug-likeness (QED) is 0.815. The number of carbonyl (C=O) groups excluding carboxylic acids is 2. The maximum absolute atomic E-state index is 13.8. The monoisotopic (exact) mass is 307 g/mol. The van der Waals surface area contributed by atoms with Gasteiger partial charge in [-0.1, -0.05) is 12.1 Å². The van der Waals surface area contributed by atoms with Gasteiger partial charge in [0.05, 0.1) is 5.69 Å². The molecule has 0 N–H and O–H groups in total. The van der Waals surface area contributed by atoms with Crippen LogP contribution in [0.25, 0.3) is 0 Å². The lowest BCUT2D eigenvalue weighted by molar-refractivity contribution is -0.135. The highest BCUT2D eigenvalue weighted by Gasteiger charge is 2.38. The minimum atomic E-state index is -0.549. The summed E-state index contributed by atoms with van der Waals surface area (Å²) in [5.41, 5.74) is 0.561. The molecule has 2 fully saturated rings. The molecule has 3 rings (SSSR count). The summed E-state index contributed by atoms with van der Waals surface area (Å²) in [6.45, 7) is 2.24. The molecular weight excluding hydrogens is 289 g/mol. The molecule has 0 saturated carbocycles. The van der Waals surface area contributed by atoms with E-state index in [1.165, 1.54) is 11.0 Å². The van der Waals surface area contributed by atoms with Gasteiger partial charge in [-0.2, -0.15) is 0 Å². The Morgan fingerprint density at radius 3 is 2.50 bits per heavy atom. The van der Waals surface area contributed by atoms with Gasteiger partial charge < -0.3 is 14.5 Å². The lowest BCUT2D eigenvalue weighted by atomic mass is 10.2. The Balaban J connectivity index is 1.61. The van der Waals surface area contributed by atoms with E-state index in [2.05, 4.69) is 0 Å². The number of likely N-dealkylation sites (N-methyl/N-ethyl adjacent to an activating group) is 1. The van der Waals surface area contributed by atoms with E-state index in [1.54, 1.807) is 30.1 Å². The molecule has 1 aromatic rings. The van der Waals surface area contributed by atoms with Crippen LogP contribution in [0.5, 0.6) is 0 Å². The largest absolute Gasteiger partial charge is 0.447 e.